The van der Waals surface area contributed by atoms with Gasteiger partial charge in [0.25, 0.3) is 0 Å². The van der Waals surface area contributed by atoms with Crippen molar-refractivity contribution in [1.29, 1.82) is 5.26 Å². The Kier molecular flexibility index (Phi) is 3.26. The minimum Gasteiger partial charge on any atom is -0.393 e. The van der Waals surface area contributed by atoms with Crippen molar-refractivity contribution >= 4 is 5.91 Å². The lowest BCUT2D eigenvalue weighted by atomic mass is 10.1. The maximum absolute atomic E-state index is 11.2. The van der Waals surface area contributed by atoms with E-state index in [9.17, 15) is 9.90 Å². The van der Waals surface area contributed by atoms with Crippen LogP contribution in [-0.4, -0.2) is 23.2 Å². The Morgan fingerprint density at radius 1 is 1.69 bits per heavy atom. The SMILES string of the molecule is CC(C#N)C(=O)N[C@H]1CC[C@@H](O)C1. The number of aliphatic hydroxyl groups excluding tert-OH is 1. The van der Waals surface area contributed by atoms with E-state index in [4.69, 9.17) is 5.26 Å². The van der Waals surface area contributed by atoms with E-state index in [-0.39, 0.29) is 18.1 Å². The lowest BCUT2D eigenvalue weighted by Gasteiger charge is -2.12. The molecule has 0 aromatic rings. The molecular weight excluding hydrogens is 168 g/mol. The molecule has 2 N–H and O–H groups in total. The number of rotatable bonds is 2. The van der Waals surface area contributed by atoms with Gasteiger partial charge in [-0.25, -0.2) is 0 Å². The van der Waals surface area contributed by atoms with Crippen LogP contribution in [0.3, 0.4) is 0 Å². The maximum Gasteiger partial charge on any atom is 0.237 e. The molecule has 13 heavy (non-hydrogen) atoms. The second-order valence-corrected chi connectivity index (χ2v) is 3.52. The van der Waals surface area contributed by atoms with Crippen LogP contribution in [0.25, 0.3) is 0 Å². The van der Waals surface area contributed by atoms with Crippen LogP contribution in [0.15, 0.2) is 0 Å². The third kappa shape index (κ3) is 2.71. The van der Waals surface area contributed by atoms with Crippen molar-refractivity contribution in [1.82, 2.24) is 5.32 Å². The predicted molar refractivity (Wildman–Crippen MR) is 46.6 cm³/mol. The van der Waals surface area contributed by atoms with Gasteiger partial charge in [0.05, 0.1) is 12.2 Å². The number of carbonyl (C=O) groups excluding carboxylic acids is 1. The second kappa shape index (κ2) is 4.24. The molecule has 0 spiro atoms. The summed E-state index contributed by atoms with van der Waals surface area (Å²) in [5.74, 6) is -0.834. The maximum atomic E-state index is 11.2. The lowest BCUT2D eigenvalue weighted by Crippen LogP contribution is -2.36. The Bertz CT molecular complexity index is 234. The highest BCUT2D eigenvalue weighted by atomic mass is 16.3. The van der Waals surface area contributed by atoms with Crippen LogP contribution in [0.1, 0.15) is 26.2 Å². The summed E-state index contributed by atoms with van der Waals surface area (Å²) in [4.78, 5) is 11.2. The van der Waals surface area contributed by atoms with Crippen molar-refractivity contribution in [3.8, 4) is 6.07 Å². The van der Waals surface area contributed by atoms with Crippen LogP contribution in [0.5, 0.6) is 0 Å². The largest absolute Gasteiger partial charge is 0.393 e. The molecule has 0 aliphatic heterocycles. The van der Waals surface area contributed by atoms with E-state index in [0.717, 1.165) is 12.8 Å². The van der Waals surface area contributed by atoms with Gasteiger partial charge in [0.1, 0.15) is 5.92 Å². The van der Waals surface area contributed by atoms with E-state index >= 15 is 0 Å². The molecule has 0 bridgehead atoms. The Balaban J connectivity index is 2.33. The average Bonchev–Trinajstić information content (AvgIpc) is 2.49. The van der Waals surface area contributed by atoms with Crippen molar-refractivity contribution in [2.24, 2.45) is 5.92 Å². The molecule has 1 saturated carbocycles. The Morgan fingerprint density at radius 2 is 2.38 bits per heavy atom. The average molecular weight is 182 g/mol. The highest BCUT2D eigenvalue weighted by molar-refractivity contribution is 5.80. The Labute approximate surface area is 77.6 Å². The van der Waals surface area contributed by atoms with Crippen LogP contribution in [0.4, 0.5) is 0 Å². The first-order chi connectivity index (χ1) is 6.13. The summed E-state index contributed by atoms with van der Waals surface area (Å²) in [6.07, 6.45) is 1.88. The number of aliphatic hydroxyl groups is 1. The molecule has 0 aromatic heterocycles. The highest BCUT2D eigenvalue weighted by Crippen LogP contribution is 2.18. The standard InChI is InChI=1S/C9H14N2O2/c1-6(5-10)9(13)11-7-2-3-8(12)4-7/h6-8,12H,2-4H2,1H3,(H,11,13)/t6?,7-,8+/m0/s1. The molecule has 3 atom stereocenters. The first-order valence-electron chi connectivity index (χ1n) is 4.51. The molecule has 1 rings (SSSR count). The molecule has 0 radical (unpaired) electrons. The number of amides is 1. The fourth-order valence-corrected chi connectivity index (χ4v) is 1.47. The molecule has 1 unspecified atom stereocenters. The highest BCUT2D eigenvalue weighted by Gasteiger charge is 2.25. The number of hydrogen-bond donors (Lipinski definition) is 2. The third-order valence-electron chi connectivity index (χ3n) is 2.34. The van der Waals surface area contributed by atoms with Gasteiger partial charge in [0, 0.05) is 6.04 Å². The molecular formula is C9H14N2O2. The van der Waals surface area contributed by atoms with Gasteiger partial charge >= 0.3 is 0 Å². The van der Waals surface area contributed by atoms with Gasteiger partial charge in [-0.3, -0.25) is 4.79 Å². The van der Waals surface area contributed by atoms with Crippen LogP contribution < -0.4 is 5.32 Å². The Morgan fingerprint density at radius 3 is 2.85 bits per heavy atom. The zero-order valence-electron chi connectivity index (χ0n) is 7.66. The summed E-state index contributed by atoms with van der Waals surface area (Å²) in [7, 11) is 0. The van der Waals surface area contributed by atoms with Gasteiger partial charge in [0.15, 0.2) is 0 Å². The van der Waals surface area contributed by atoms with Gasteiger partial charge in [0.2, 0.25) is 5.91 Å². The van der Waals surface area contributed by atoms with Crippen molar-refractivity contribution in [2.75, 3.05) is 0 Å². The predicted octanol–water partition coefficient (Wildman–Crippen LogP) is 0.176. The molecule has 72 valence electrons. The minimum absolute atomic E-state index is 0.0540. The third-order valence-corrected chi connectivity index (χ3v) is 2.34. The minimum atomic E-state index is -0.599. The first-order valence-corrected chi connectivity index (χ1v) is 4.51. The van der Waals surface area contributed by atoms with Gasteiger partial charge in [-0.2, -0.15) is 5.26 Å². The smallest absolute Gasteiger partial charge is 0.237 e. The normalized spacial score (nSPS) is 29.3. The quantitative estimate of drug-likeness (QED) is 0.639. The fourth-order valence-electron chi connectivity index (χ4n) is 1.47. The van der Waals surface area contributed by atoms with Crippen LogP contribution in [0, 0.1) is 17.2 Å². The summed E-state index contributed by atoms with van der Waals surface area (Å²) >= 11 is 0. The topological polar surface area (TPSA) is 73.1 Å². The van der Waals surface area contributed by atoms with Crippen molar-refractivity contribution in [3.05, 3.63) is 0 Å². The summed E-state index contributed by atoms with van der Waals surface area (Å²) in [5, 5.41) is 20.4. The number of carbonyl (C=O) groups is 1. The van der Waals surface area contributed by atoms with E-state index in [1.54, 1.807) is 6.92 Å². The van der Waals surface area contributed by atoms with E-state index < -0.39 is 5.92 Å². The van der Waals surface area contributed by atoms with Crippen molar-refractivity contribution in [2.45, 2.75) is 38.3 Å². The number of nitrogens with zero attached hydrogens (tertiary/aromatic N) is 1. The van der Waals surface area contributed by atoms with Gasteiger partial charge in [-0.05, 0) is 26.2 Å². The van der Waals surface area contributed by atoms with E-state index in [1.807, 2.05) is 6.07 Å². The molecule has 4 heteroatoms. The molecule has 1 amide bonds. The van der Waals surface area contributed by atoms with Crippen molar-refractivity contribution < 1.29 is 9.90 Å². The number of nitrogens with one attached hydrogen (secondary N) is 1. The van der Waals surface area contributed by atoms with Crippen LogP contribution >= 0.6 is 0 Å². The fraction of sp³-hybridized carbons (Fsp3) is 0.778. The summed E-state index contributed by atoms with van der Waals surface area (Å²) in [6, 6.07) is 1.93. The Hall–Kier alpha value is -1.08. The number of nitriles is 1. The zero-order chi connectivity index (χ0) is 9.84. The molecule has 4 nitrogen and oxygen atoms in total. The molecule has 0 aromatic carbocycles. The first kappa shape index (κ1) is 10.0. The molecule has 1 aliphatic carbocycles. The second-order valence-electron chi connectivity index (χ2n) is 3.52. The van der Waals surface area contributed by atoms with E-state index in [1.165, 1.54) is 0 Å². The lowest BCUT2D eigenvalue weighted by molar-refractivity contribution is -0.123. The number of hydrogen-bond acceptors (Lipinski definition) is 3. The summed E-state index contributed by atoms with van der Waals surface area (Å²) in [6.45, 7) is 1.57. The van der Waals surface area contributed by atoms with E-state index in [2.05, 4.69) is 5.32 Å². The molecule has 1 fully saturated rings. The molecule has 0 saturated heterocycles. The van der Waals surface area contributed by atoms with Crippen LogP contribution in [-0.2, 0) is 4.79 Å². The monoisotopic (exact) mass is 182 g/mol. The van der Waals surface area contributed by atoms with Gasteiger partial charge < -0.3 is 10.4 Å². The van der Waals surface area contributed by atoms with Gasteiger partial charge in [-0.15, -0.1) is 0 Å². The molecule has 1 aliphatic rings. The molecule has 0 heterocycles. The van der Waals surface area contributed by atoms with Crippen LogP contribution in [0.2, 0.25) is 0 Å². The summed E-state index contributed by atoms with van der Waals surface area (Å²) < 4.78 is 0. The van der Waals surface area contributed by atoms with Crippen molar-refractivity contribution in [3.63, 3.8) is 0 Å². The zero-order valence-corrected chi connectivity index (χ0v) is 7.66. The summed E-state index contributed by atoms with van der Waals surface area (Å²) in [5.41, 5.74) is 0. The van der Waals surface area contributed by atoms with Gasteiger partial charge in [-0.1, -0.05) is 0 Å². The van der Waals surface area contributed by atoms with E-state index in [0.29, 0.717) is 6.42 Å².